The summed E-state index contributed by atoms with van der Waals surface area (Å²) in [4.78, 5) is 21.9. The van der Waals surface area contributed by atoms with Crippen LogP contribution in [0.4, 0.5) is 0 Å². The van der Waals surface area contributed by atoms with Crippen LogP contribution in [0.15, 0.2) is 12.2 Å². The Balaban J connectivity index is 3.39. The van der Waals surface area contributed by atoms with Gasteiger partial charge in [0.15, 0.2) is 0 Å². The summed E-state index contributed by atoms with van der Waals surface area (Å²) < 4.78 is 0.920. The third-order valence-corrected chi connectivity index (χ3v) is 4.52. The molecule has 5 heteroatoms. The first-order chi connectivity index (χ1) is 11.7. The quantitative estimate of drug-likeness (QED) is 0.252. The Hall–Kier alpha value is -1.36. The molecule has 0 bridgehead atoms. The smallest absolute Gasteiger partial charge is 0.303 e. The van der Waals surface area contributed by atoms with E-state index in [0.29, 0.717) is 5.57 Å². The molecule has 0 heterocycles. The molecular formula is C20H39N2O3+. The molecule has 0 aliphatic heterocycles. The SMILES string of the molecule is C=C(C)C(=O)NCCCCCCCCCC[N+](C)(C)CCCC(=O)O. The van der Waals surface area contributed by atoms with E-state index in [1.54, 1.807) is 6.92 Å². The maximum absolute atomic E-state index is 11.3. The molecular weight excluding hydrogens is 316 g/mol. The highest BCUT2D eigenvalue weighted by atomic mass is 16.4. The highest BCUT2D eigenvalue weighted by molar-refractivity contribution is 5.91. The van der Waals surface area contributed by atoms with Gasteiger partial charge in [0.2, 0.25) is 5.91 Å². The van der Waals surface area contributed by atoms with Crippen LogP contribution in [0.2, 0.25) is 0 Å². The zero-order chi connectivity index (χ0) is 19.1. The predicted octanol–water partition coefficient (Wildman–Crippen LogP) is 3.74. The van der Waals surface area contributed by atoms with Gasteiger partial charge in [-0.1, -0.05) is 38.7 Å². The minimum Gasteiger partial charge on any atom is -0.481 e. The maximum Gasteiger partial charge on any atom is 0.303 e. The third-order valence-electron chi connectivity index (χ3n) is 4.52. The van der Waals surface area contributed by atoms with Crippen LogP contribution in [0.3, 0.4) is 0 Å². The lowest BCUT2D eigenvalue weighted by atomic mass is 10.1. The summed E-state index contributed by atoms with van der Waals surface area (Å²) in [5.74, 6) is -0.734. The van der Waals surface area contributed by atoms with Gasteiger partial charge in [-0.3, -0.25) is 9.59 Å². The normalized spacial score (nSPS) is 11.3. The van der Waals surface area contributed by atoms with Crippen molar-refractivity contribution in [2.24, 2.45) is 0 Å². The number of carboxylic acid groups (broad SMARTS) is 1. The molecule has 0 aromatic heterocycles. The fourth-order valence-electron chi connectivity index (χ4n) is 2.85. The second-order valence-corrected chi connectivity index (χ2v) is 7.74. The monoisotopic (exact) mass is 355 g/mol. The second-order valence-electron chi connectivity index (χ2n) is 7.74. The molecule has 0 saturated heterocycles. The lowest BCUT2D eigenvalue weighted by Crippen LogP contribution is -2.41. The molecule has 25 heavy (non-hydrogen) atoms. The molecule has 0 spiro atoms. The summed E-state index contributed by atoms with van der Waals surface area (Å²) in [6, 6.07) is 0. The molecule has 0 atom stereocenters. The molecule has 0 unspecified atom stereocenters. The Morgan fingerprint density at radius 1 is 0.880 bits per heavy atom. The summed E-state index contributed by atoms with van der Waals surface area (Å²) in [6.07, 6.45) is 10.8. The van der Waals surface area contributed by atoms with Crippen molar-refractivity contribution < 1.29 is 19.2 Å². The van der Waals surface area contributed by atoms with Crippen molar-refractivity contribution in [2.75, 3.05) is 33.7 Å². The summed E-state index contributed by atoms with van der Waals surface area (Å²) in [6.45, 7) is 8.16. The van der Waals surface area contributed by atoms with Crippen molar-refractivity contribution in [3.05, 3.63) is 12.2 Å². The molecule has 0 aliphatic carbocycles. The topological polar surface area (TPSA) is 66.4 Å². The molecule has 0 aromatic carbocycles. The Morgan fingerprint density at radius 2 is 1.36 bits per heavy atom. The first-order valence-corrected chi connectivity index (χ1v) is 9.72. The molecule has 0 aliphatic rings. The van der Waals surface area contributed by atoms with Crippen LogP contribution in [-0.4, -0.2) is 55.2 Å². The van der Waals surface area contributed by atoms with Crippen molar-refractivity contribution in [3.8, 4) is 0 Å². The number of carbonyl (C=O) groups excluding carboxylic acids is 1. The molecule has 0 rings (SSSR count). The van der Waals surface area contributed by atoms with Crippen LogP contribution in [-0.2, 0) is 9.59 Å². The van der Waals surface area contributed by atoms with Gasteiger partial charge in [0.25, 0.3) is 0 Å². The van der Waals surface area contributed by atoms with Crippen molar-refractivity contribution >= 4 is 11.9 Å². The number of hydrogen-bond acceptors (Lipinski definition) is 2. The van der Waals surface area contributed by atoms with Gasteiger partial charge < -0.3 is 14.9 Å². The van der Waals surface area contributed by atoms with Crippen LogP contribution in [0.25, 0.3) is 0 Å². The minimum atomic E-state index is -0.696. The number of quaternary nitrogens is 1. The Bertz CT molecular complexity index is 406. The molecule has 0 radical (unpaired) electrons. The standard InChI is InChI=1S/C20H38N2O3/c1-18(2)20(25)21-15-11-9-7-5-6-8-10-12-16-22(3,4)17-13-14-19(23)24/h1,5-17H2,2-4H3,(H-,21,23,24,25)/p+1. The van der Waals surface area contributed by atoms with Gasteiger partial charge in [-0.2, -0.15) is 0 Å². The van der Waals surface area contributed by atoms with Crippen molar-refractivity contribution in [3.63, 3.8) is 0 Å². The summed E-state index contributed by atoms with van der Waals surface area (Å²) >= 11 is 0. The number of unbranched alkanes of at least 4 members (excludes halogenated alkanes) is 7. The fourth-order valence-corrected chi connectivity index (χ4v) is 2.85. The van der Waals surface area contributed by atoms with Crippen molar-refractivity contribution in [1.29, 1.82) is 0 Å². The van der Waals surface area contributed by atoms with Gasteiger partial charge in [-0.15, -0.1) is 0 Å². The largest absolute Gasteiger partial charge is 0.481 e. The number of nitrogens with one attached hydrogen (secondary N) is 1. The molecule has 0 fully saturated rings. The van der Waals surface area contributed by atoms with Crippen molar-refractivity contribution in [1.82, 2.24) is 5.32 Å². The average Bonchev–Trinajstić information content (AvgIpc) is 2.51. The van der Waals surface area contributed by atoms with Gasteiger partial charge in [0.1, 0.15) is 0 Å². The average molecular weight is 356 g/mol. The van der Waals surface area contributed by atoms with Crippen LogP contribution >= 0.6 is 0 Å². The summed E-state index contributed by atoms with van der Waals surface area (Å²) in [7, 11) is 4.38. The van der Waals surface area contributed by atoms with Crippen LogP contribution in [0.1, 0.15) is 71.1 Å². The van der Waals surface area contributed by atoms with E-state index in [1.165, 1.54) is 44.9 Å². The van der Waals surface area contributed by atoms with E-state index < -0.39 is 5.97 Å². The van der Waals surface area contributed by atoms with Gasteiger partial charge in [-0.05, 0) is 26.2 Å². The Kier molecular flexibility index (Phi) is 13.1. The van der Waals surface area contributed by atoms with Gasteiger partial charge in [-0.25, -0.2) is 0 Å². The lowest BCUT2D eigenvalue weighted by molar-refractivity contribution is -0.890. The molecule has 146 valence electrons. The molecule has 0 aromatic rings. The highest BCUT2D eigenvalue weighted by Gasteiger charge is 2.14. The maximum atomic E-state index is 11.3. The van der Waals surface area contributed by atoms with E-state index in [4.69, 9.17) is 5.11 Å². The summed E-state index contributed by atoms with van der Waals surface area (Å²) in [5, 5.41) is 11.6. The first kappa shape index (κ1) is 23.6. The number of aliphatic carboxylic acids is 1. The Labute approximate surface area is 154 Å². The van der Waals surface area contributed by atoms with Crippen LogP contribution in [0, 0.1) is 0 Å². The second kappa shape index (κ2) is 13.9. The molecule has 2 N–H and O–H groups in total. The number of amides is 1. The zero-order valence-electron chi connectivity index (χ0n) is 16.6. The molecule has 5 nitrogen and oxygen atoms in total. The number of nitrogens with zero attached hydrogens (tertiary/aromatic N) is 1. The zero-order valence-corrected chi connectivity index (χ0v) is 16.6. The number of hydrogen-bond donors (Lipinski definition) is 2. The van der Waals surface area contributed by atoms with Crippen LogP contribution in [0.5, 0.6) is 0 Å². The van der Waals surface area contributed by atoms with E-state index in [-0.39, 0.29) is 12.3 Å². The van der Waals surface area contributed by atoms with E-state index in [9.17, 15) is 9.59 Å². The minimum absolute atomic E-state index is 0.0377. The van der Waals surface area contributed by atoms with E-state index in [1.807, 2.05) is 0 Å². The van der Waals surface area contributed by atoms with Crippen LogP contribution < -0.4 is 5.32 Å². The molecule has 1 amide bonds. The van der Waals surface area contributed by atoms with Crippen molar-refractivity contribution in [2.45, 2.75) is 71.1 Å². The molecule has 0 saturated carbocycles. The highest BCUT2D eigenvalue weighted by Crippen LogP contribution is 2.11. The van der Waals surface area contributed by atoms with E-state index >= 15 is 0 Å². The lowest BCUT2D eigenvalue weighted by Gasteiger charge is -2.29. The first-order valence-electron chi connectivity index (χ1n) is 9.72. The number of carbonyl (C=O) groups is 2. The van der Waals surface area contributed by atoms with Gasteiger partial charge >= 0.3 is 5.97 Å². The fraction of sp³-hybridized carbons (Fsp3) is 0.800. The van der Waals surface area contributed by atoms with E-state index in [2.05, 4.69) is 26.0 Å². The van der Waals surface area contributed by atoms with E-state index in [0.717, 1.165) is 37.0 Å². The van der Waals surface area contributed by atoms with Gasteiger partial charge in [0.05, 0.1) is 33.6 Å². The third kappa shape index (κ3) is 15.9. The number of carboxylic acids is 1. The summed E-state index contributed by atoms with van der Waals surface area (Å²) in [5.41, 5.74) is 0.573. The predicted molar refractivity (Wildman–Crippen MR) is 103 cm³/mol. The Morgan fingerprint density at radius 3 is 1.88 bits per heavy atom. The number of rotatable bonds is 16. The van der Waals surface area contributed by atoms with Gasteiger partial charge in [0, 0.05) is 18.5 Å².